The van der Waals surface area contributed by atoms with Crippen molar-refractivity contribution in [2.45, 2.75) is 127 Å². The molecular formula is C54H62F8N10O9. The molecule has 4 amide bonds. The van der Waals surface area contributed by atoms with Gasteiger partial charge in [-0.1, -0.05) is 24.0 Å². The molecule has 0 unspecified atom stereocenters. The number of aromatic nitrogens is 3. The molecule has 6 atom stereocenters. The zero-order valence-electron chi connectivity index (χ0n) is 45.0. The van der Waals surface area contributed by atoms with Gasteiger partial charge in [0.15, 0.2) is 6.10 Å². The summed E-state index contributed by atoms with van der Waals surface area (Å²) >= 11 is 0. The molecule has 2 aromatic carbocycles. The molecule has 19 nitrogen and oxygen atoms in total. The van der Waals surface area contributed by atoms with Gasteiger partial charge in [0.1, 0.15) is 28.9 Å². The van der Waals surface area contributed by atoms with Crippen molar-refractivity contribution < 1.29 is 78.0 Å². The smallest absolute Gasteiger partial charge is 0.407 e. The van der Waals surface area contributed by atoms with Gasteiger partial charge in [0.05, 0.1) is 43.9 Å². The summed E-state index contributed by atoms with van der Waals surface area (Å²) in [5.41, 5.74) is -3.74. The van der Waals surface area contributed by atoms with Crippen LogP contribution < -0.4 is 26.3 Å². The fourth-order valence-corrected chi connectivity index (χ4v) is 9.82. The van der Waals surface area contributed by atoms with Gasteiger partial charge in [0, 0.05) is 79.7 Å². The van der Waals surface area contributed by atoms with Gasteiger partial charge in [-0.05, 0) is 102 Å². The molecule has 1 aliphatic carbocycles. The van der Waals surface area contributed by atoms with Gasteiger partial charge >= 0.3 is 24.5 Å². The molecule has 1 saturated carbocycles. The van der Waals surface area contributed by atoms with E-state index in [2.05, 4.69) is 52.3 Å². The van der Waals surface area contributed by atoms with Crippen LogP contribution in [0.5, 0.6) is 0 Å². The van der Waals surface area contributed by atoms with Crippen molar-refractivity contribution in [3.63, 3.8) is 0 Å². The predicted octanol–water partition coefficient (Wildman–Crippen LogP) is 6.29. The van der Waals surface area contributed by atoms with Crippen LogP contribution in [0.25, 0.3) is 11.5 Å². The Bertz CT molecular complexity index is 2940. The Morgan fingerprint density at radius 1 is 0.815 bits per heavy atom. The zero-order chi connectivity index (χ0) is 58.8. The van der Waals surface area contributed by atoms with E-state index in [4.69, 9.17) is 13.9 Å². The first-order valence-electron chi connectivity index (χ1n) is 26.1. The highest BCUT2D eigenvalue weighted by atomic mass is 19.4. The number of piperazine rings is 1. The lowest BCUT2D eigenvalue weighted by Crippen LogP contribution is -2.62. The van der Waals surface area contributed by atoms with Crippen LogP contribution in [0.4, 0.5) is 50.5 Å². The fourth-order valence-electron chi connectivity index (χ4n) is 9.82. The molecular weight excluding hydrogens is 1080 g/mol. The first-order chi connectivity index (χ1) is 38.2. The number of pyridine rings is 1. The number of aliphatic hydroxyl groups excluding tert-OH is 1. The number of aliphatic hydroxyl groups is 1. The second-order valence-electron chi connectivity index (χ2n) is 21.7. The van der Waals surface area contributed by atoms with E-state index < -0.39 is 108 Å². The lowest BCUT2D eigenvalue weighted by Gasteiger charge is -2.47. The number of anilines is 1. The van der Waals surface area contributed by atoms with Crippen molar-refractivity contribution >= 4 is 29.8 Å². The van der Waals surface area contributed by atoms with E-state index in [-0.39, 0.29) is 23.3 Å². The van der Waals surface area contributed by atoms with Crippen LogP contribution >= 0.6 is 0 Å². The molecule has 81 heavy (non-hydrogen) atoms. The fraction of sp³-hybridized carbons (Fsp3) is 0.537. The molecule has 0 radical (unpaired) electrons. The van der Waals surface area contributed by atoms with E-state index in [0.717, 1.165) is 84.1 Å². The Kier molecular flexibility index (Phi) is 17.9. The van der Waals surface area contributed by atoms with E-state index >= 15 is 8.78 Å². The Balaban J connectivity index is 1.07. The van der Waals surface area contributed by atoms with Crippen LogP contribution in [-0.4, -0.2) is 156 Å². The topological polar surface area (TPSA) is 226 Å². The van der Waals surface area contributed by atoms with Gasteiger partial charge in [0.25, 0.3) is 5.91 Å². The number of fused-ring (bicyclic) bond motifs is 2. The maximum absolute atomic E-state index is 16.1. The van der Waals surface area contributed by atoms with E-state index in [1.165, 1.54) is 12.1 Å². The highest BCUT2D eigenvalue weighted by Crippen LogP contribution is 2.44. The summed E-state index contributed by atoms with van der Waals surface area (Å²) in [4.78, 5) is 62.5. The van der Waals surface area contributed by atoms with Gasteiger partial charge in [0.2, 0.25) is 17.7 Å². The van der Waals surface area contributed by atoms with E-state index in [0.29, 0.717) is 67.5 Å². The van der Waals surface area contributed by atoms with Gasteiger partial charge < -0.3 is 44.6 Å². The molecule has 2 bridgehead atoms. The van der Waals surface area contributed by atoms with E-state index in [9.17, 15) is 50.6 Å². The third-order valence-corrected chi connectivity index (χ3v) is 15.2. The van der Waals surface area contributed by atoms with Crippen LogP contribution in [0.15, 0.2) is 59.1 Å². The lowest BCUT2D eigenvalue weighted by molar-refractivity contribution is -0.239. The molecule has 3 saturated heterocycles. The van der Waals surface area contributed by atoms with Crippen molar-refractivity contribution in [2.24, 2.45) is 10.8 Å². The molecule has 5 N–H and O–H groups in total. The lowest BCUT2D eigenvalue weighted by atomic mass is 9.82. The number of alkyl carbamates (subject to hydrolysis) is 2. The summed E-state index contributed by atoms with van der Waals surface area (Å²) < 4.78 is 140. The van der Waals surface area contributed by atoms with Crippen molar-refractivity contribution in [3.8, 4) is 23.3 Å². The normalized spacial score (nSPS) is 19.3. The highest BCUT2D eigenvalue weighted by molar-refractivity contribution is 5.87. The summed E-state index contributed by atoms with van der Waals surface area (Å²) in [6, 6.07) is 8.72. The summed E-state index contributed by atoms with van der Waals surface area (Å²) in [6.07, 6.45) is -13.1. The number of carbonyl (C=O) groups is 4. The van der Waals surface area contributed by atoms with Crippen molar-refractivity contribution in [1.29, 1.82) is 0 Å². The highest BCUT2D eigenvalue weighted by Gasteiger charge is 2.58. The Hall–Kier alpha value is -7.15. The number of alkyl halides is 6. The Labute approximate surface area is 460 Å². The van der Waals surface area contributed by atoms with Crippen LogP contribution in [0.2, 0.25) is 0 Å². The van der Waals surface area contributed by atoms with Gasteiger partial charge in [-0.2, -0.15) is 26.3 Å². The Morgan fingerprint density at radius 3 is 1.98 bits per heavy atom. The van der Waals surface area contributed by atoms with E-state index in [1.807, 2.05) is 22.8 Å². The summed E-state index contributed by atoms with van der Waals surface area (Å²) in [7, 11) is 1.84. The van der Waals surface area contributed by atoms with Crippen LogP contribution in [0.1, 0.15) is 87.4 Å². The maximum atomic E-state index is 16.1. The molecule has 27 heteroatoms. The average molecular weight is 1150 g/mol. The number of rotatable bonds is 19. The second kappa shape index (κ2) is 24.1. The van der Waals surface area contributed by atoms with Crippen LogP contribution in [0.3, 0.4) is 0 Å². The maximum Gasteiger partial charge on any atom is 0.407 e. The molecule has 8 rings (SSSR count). The number of methoxy groups -OCH3 is 1. The monoisotopic (exact) mass is 1150 g/mol. The number of hydrogen-bond donors (Lipinski definition) is 5. The van der Waals surface area contributed by atoms with Crippen LogP contribution in [-0.2, 0) is 36.8 Å². The quantitative estimate of drug-likeness (QED) is 0.0396. The third-order valence-electron chi connectivity index (χ3n) is 15.2. The molecule has 4 fully saturated rings. The number of carbonyl (C=O) groups excluding carboxylic acids is 4. The summed E-state index contributed by atoms with van der Waals surface area (Å²) in [6.45, 7) is 3.40. The SMILES string of the molecule is CNC(=O)O[C@H](C(=O)NN(Cc1c(F)cc(-c2nnc(C3CC3)o2)cc1F)C[C@H](O)[C@H](Cc1ccc(C#Cc2ccc(N3C[C@@H]4CC[C@@H](C3)N4C3COC3)nc2)cc1)NC(=O)[C@@H](NC(=O)OC)C(C)(C)C(F)(F)F)C(C)(C)C(F)(F)F. The average Bonchev–Trinajstić information content (AvgIpc) is 4.14. The third kappa shape index (κ3) is 13.8. The van der Waals surface area contributed by atoms with Gasteiger partial charge in [-0.3, -0.25) is 19.9 Å². The number of ether oxygens (including phenoxy) is 3. The molecule has 4 aliphatic rings. The Morgan fingerprint density at radius 2 is 1.43 bits per heavy atom. The molecule has 2 aromatic heterocycles. The number of amides is 4. The largest absolute Gasteiger partial charge is 0.453 e. The number of hydrazine groups is 1. The predicted molar refractivity (Wildman–Crippen MR) is 272 cm³/mol. The van der Waals surface area contributed by atoms with Crippen molar-refractivity contribution in [3.05, 3.63) is 94.5 Å². The molecule has 0 spiro atoms. The summed E-state index contributed by atoms with van der Waals surface area (Å²) in [5.74, 6) is 1.09. The number of nitrogens with zero attached hydrogens (tertiary/aromatic N) is 6. The zero-order valence-corrected chi connectivity index (χ0v) is 45.0. The number of benzene rings is 2. The van der Waals surface area contributed by atoms with Crippen molar-refractivity contribution in [2.75, 3.05) is 51.9 Å². The first kappa shape index (κ1) is 60.0. The minimum absolute atomic E-state index is 0.0200. The first-order valence-corrected chi connectivity index (χ1v) is 26.1. The van der Waals surface area contributed by atoms with Crippen molar-refractivity contribution in [1.82, 2.24) is 46.5 Å². The number of nitrogens with one attached hydrogen (secondary N) is 4. The van der Waals surface area contributed by atoms with Gasteiger partial charge in [-0.25, -0.2) is 28.4 Å². The minimum atomic E-state index is -5.23. The molecule has 3 aliphatic heterocycles. The number of halogens is 8. The van der Waals surface area contributed by atoms with E-state index in [1.54, 1.807) is 18.3 Å². The second-order valence-corrected chi connectivity index (χ2v) is 21.7. The minimum Gasteiger partial charge on any atom is -0.453 e. The van der Waals surface area contributed by atoms with Gasteiger partial charge in [-0.15, -0.1) is 10.2 Å². The summed E-state index contributed by atoms with van der Waals surface area (Å²) in [5, 5.41) is 26.6. The standard InChI is InChI=1S/C54H62F8N10O9/c1-51(2,53(57,58)59)43(66-50(77)78-6)45(74)65-40(19-30-10-7-29(8-11-30)9-12-31-13-18-42(64-22-31)70-23-34-16-17-35(24-70)72(34)36-27-79-28-36)41(73)26-71(69-46(75)44(80-49(76)63-5)52(3,4)54(60,61)62)25-37-38(55)20-33(21-39(37)56)48-68-67-47(81-48)32-14-15-32/h7-8,10-11,13,18,20-22,32,34-36,40-41,43-44,73H,14-17,19,23-28H2,1-6H3,(H,63,76)(H,65,74)(H,66,77)(H,69,75)/t34-,35-,40-,41-,43+,44+/m0/s1. The molecule has 4 aromatic rings. The molecule has 5 heterocycles. The molecule has 438 valence electrons. The van der Waals surface area contributed by atoms with Crippen LogP contribution in [0, 0.1) is 34.3 Å². The number of hydrogen-bond acceptors (Lipinski definition) is 15.